The van der Waals surface area contributed by atoms with Crippen molar-refractivity contribution >= 4 is 23.3 Å². The fourth-order valence-electron chi connectivity index (χ4n) is 4.78. The van der Waals surface area contributed by atoms with Crippen LogP contribution in [0.15, 0.2) is 42.5 Å². The standard InChI is InChI=1S/C25H32N4O5/c1-33-18-11-12-21(22(17-18)34-2)29-24(31)27-20-10-5-4-9-19(20)25(29,32)23(30)26-13-8-16-28-14-6-3-7-15-28/h4-5,9-12,17,32H,3,6-8,13-16H2,1-2H3,(H,26,30)(H,27,31)/p+1. The van der Waals surface area contributed by atoms with Crippen molar-refractivity contribution in [2.24, 2.45) is 0 Å². The van der Waals surface area contributed by atoms with Crippen molar-refractivity contribution in [2.75, 3.05) is 50.6 Å². The second kappa shape index (κ2) is 10.3. The summed E-state index contributed by atoms with van der Waals surface area (Å²) in [5.74, 6) is 0.141. The molecule has 1 unspecified atom stereocenters. The van der Waals surface area contributed by atoms with Gasteiger partial charge in [0.05, 0.1) is 45.2 Å². The van der Waals surface area contributed by atoms with E-state index in [2.05, 4.69) is 10.6 Å². The first-order valence-electron chi connectivity index (χ1n) is 11.8. The fourth-order valence-corrected chi connectivity index (χ4v) is 4.78. The van der Waals surface area contributed by atoms with Gasteiger partial charge in [-0.2, -0.15) is 0 Å². The minimum Gasteiger partial charge on any atom is -0.497 e. The van der Waals surface area contributed by atoms with Gasteiger partial charge >= 0.3 is 6.03 Å². The minimum absolute atomic E-state index is 0.241. The molecule has 1 saturated heterocycles. The number of ether oxygens (including phenoxy) is 2. The van der Waals surface area contributed by atoms with Crippen molar-refractivity contribution in [3.63, 3.8) is 0 Å². The highest BCUT2D eigenvalue weighted by Gasteiger charge is 2.52. The lowest BCUT2D eigenvalue weighted by molar-refractivity contribution is -0.905. The summed E-state index contributed by atoms with van der Waals surface area (Å²) in [5, 5.41) is 17.6. The number of methoxy groups -OCH3 is 2. The monoisotopic (exact) mass is 469 g/mol. The first-order chi connectivity index (χ1) is 16.5. The van der Waals surface area contributed by atoms with Crippen LogP contribution in [0, 0.1) is 0 Å². The smallest absolute Gasteiger partial charge is 0.329 e. The predicted molar refractivity (Wildman–Crippen MR) is 128 cm³/mol. The van der Waals surface area contributed by atoms with Crippen LogP contribution in [0.1, 0.15) is 31.2 Å². The number of anilines is 2. The van der Waals surface area contributed by atoms with Crippen LogP contribution >= 0.6 is 0 Å². The number of piperidine rings is 1. The highest BCUT2D eigenvalue weighted by Crippen LogP contribution is 2.43. The van der Waals surface area contributed by atoms with Gasteiger partial charge < -0.3 is 30.1 Å². The summed E-state index contributed by atoms with van der Waals surface area (Å²) < 4.78 is 10.7. The number of likely N-dealkylation sites (tertiary alicyclic amines) is 1. The van der Waals surface area contributed by atoms with Crippen LogP contribution < -0.4 is 29.9 Å². The highest BCUT2D eigenvalue weighted by molar-refractivity contribution is 6.12. The van der Waals surface area contributed by atoms with E-state index in [0.29, 0.717) is 18.0 Å². The second-order valence-electron chi connectivity index (χ2n) is 8.69. The molecule has 1 fully saturated rings. The molecule has 0 bridgehead atoms. The number of nitrogens with one attached hydrogen (secondary N) is 3. The summed E-state index contributed by atoms with van der Waals surface area (Å²) in [7, 11) is 2.98. The molecule has 182 valence electrons. The van der Waals surface area contributed by atoms with Crippen molar-refractivity contribution in [3.8, 4) is 11.5 Å². The van der Waals surface area contributed by atoms with Gasteiger partial charge in [0.15, 0.2) is 0 Å². The van der Waals surface area contributed by atoms with Gasteiger partial charge in [-0.1, -0.05) is 18.2 Å². The number of aliphatic hydroxyl groups is 1. The number of hydrogen-bond donors (Lipinski definition) is 4. The van der Waals surface area contributed by atoms with Gasteiger partial charge in [0.25, 0.3) is 11.6 Å². The van der Waals surface area contributed by atoms with E-state index in [0.717, 1.165) is 31.0 Å². The average molecular weight is 470 g/mol. The van der Waals surface area contributed by atoms with Crippen LogP contribution in [0.5, 0.6) is 11.5 Å². The molecule has 9 heteroatoms. The van der Waals surface area contributed by atoms with Gasteiger partial charge in [-0.25, -0.2) is 9.69 Å². The maximum absolute atomic E-state index is 13.5. The molecule has 9 nitrogen and oxygen atoms in total. The van der Waals surface area contributed by atoms with E-state index < -0.39 is 17.7 Å². The Hall–Kier alpha value is -3.30. The number of quaternary nitrogens is 1. The SMILES string of the molecule is COc1ccc(N2C(=O)Nc3ccccc3C2(O)C(=O)NCCC[NH+]2CCCCC2)c(OC)c1. The fraction of sp³-hybridized carbons (Fsp3) is 0.440. The number of amides is 3. The Bertz CT molecular complexity index is 1040. The van der Waals surface area contributed by atoms with Gasteiger partial charge in [-0.3, -0.25) is 4.79 Å². The molecule has 0 saturated carbocycles. The van der Waals surface area contributed by atoms with Gasteiger partial charge in [0.1, 0.15) is 11.5 Å². The molecule has 4 N–H and O–H groups in total. The van der Waals surface area contributed by atoms with Crippen molar-refractivity contribution in [1.29, 1.82) is 0 Å². The molecule has 2 aromatic carbocycles. The summed E-state index contributed by atoms with van der Waals surface area (Å²) >= 11 is 0. The maximum Gasteiger partial charge on any atom is 0.329 e. The molecular weight excluding hydrogens is 436 g/mol. The number of carbonyl (C=O) groups is 2. The Morgan fingerprint density at radius 3 is 2.65 bits per heavy atom. The molecule has 0 aromatic heterocycles. The lowest BCUT2D eigenvalue weighted by Crippen LogP contribution is -3.12. The number of benzene rings is 2. The predicted octanol–water partition coefficient (Wildman–Crippen LogP) is 1.48. The number of rotatable bonds is 8. The van der Waals surface area contributed by atoms with Crippen molar-refractivity contribution in [3.05, 3.63) is 48.0 Å². The third-order valence-corrected chi connectivity index (χ3v) is 6.57. The molecule has 0 spiro atoms. The van der Waals surface area contributed by atoms with E-state index in [-0.39, 0.29) is 17.0 Å². The van der Waals surface area contributed by atoms with Crippen LogP contribution in [0.2, 0.25) is 0 Å². The van der Waals surface area contributed by atoms with Crippen LogP contribution in [-0.2, 0) is 10.5 Å². The Morgan fingerprint density at radius 2 is 1.91 bits per heavy atom. The summed E-state index contributed by atoms with van der Waals surface area (Å²) in [6.07, 6.45) is 4.56. The topological polar surface area (TPSA) is 105 Å². The number of carbonyl (C=O) groups excluding carboxylic acids is 2. The molecule has 2 heterocycles. The van der Waals surface area contributed by atoms with Crippen LogP contribution in [0.4, 0.5) is 16.2 Å². The third-order valence-electron chi connectivity index (χ3n) is 6.57. The molecular formula is C25H33N4O5+. The normalized spacial score (nSPS) is 20.3. The average Bonchev–Trinajstić information content (AvgIpc) is 2.87. The quantitative estimate of drug-likeness (QED) is 0.439. The number of hydrogen-bond acceptors (Lipinski definition) is 5. The van der Waals surface area contributed by atoms with Crippen molar-refractivity contribution in [1.82, 2.24) is 5.32 Å². The first kappa shape index (κ1) is 23.8. The molecule has 0 radical (unpaired) electrons. The summed E-state index contributed by atoms with van der Waals surface area (Å²) in [6.45, 7) is 3.70. The molecule has 34 heavy (non-hydrogen) atoms. The molecule has 2 aliphatic rings. The van der Waals surface area contributed by atoms with E-state index >= 15 is 0 Å². The zero-order chi connectivity index (χ0) is 24.1. The number of para-hydroxylation sites is 1. The van der Waals surface area contributed by atoms with E-state index in [4.69, 9.17) is 9.47 Å². The van der Waals surface area contributed by atoms with Gasteiger partial charge in [-0.05, 0) is 37.5 Å². The lowest BCUT2D eigenvalue weighted by atomic mass is 9.94. The van der Waals surface area contributed by atoms with Gasteiger partial charge in [-0.15, -0.1) is 0 Å². The molecule has 2 aromatic rings. The van der Waals surface area contributed by atoms with Gasteiger partial charge in [0, 0.05) is 24.6 Å². The van der Waals surface area contributed by atoms with E-state index in [1.165, 1.54) is 33.5 Å². The Balaban J connectivity index is 1.62. The Morgan fingerprint density at radius 1 is 1.15 bits per heavy atom. The number of fused-ring (bicyclic) bond motifs is 1. The summed E-state index contributed by atoms with van der Waals surface area (Å²) in [4.78, 5) is 29.3. The van der Waals surface area contributed by atoms with Gasteiger partial charge in [0.2, 0.25) is 0 Å². The van der Waals surface area contributed by atoms with Crippen molar-refractivity contribution < 1.29 is 29.1 Å². The Kier molecular flexibility index (Phi) is 7.23. The lowest BCUT2D eigenvalue weighted by Gasteiger charge is -2.43. The van der Waals surface area contributed by atoms with Crippen LogP contribution in [0.3, 0.4) is 0 Å². The largest absolute Gasteiger partial charge is 0.497 e. The van der Waals surface area contributed by atoms with E-state index in [1.54, 1.807) is 47.4 Å². The maximum atomic E-state index is 13.5. The Labute approximate surface area is 199 Å². The number of urea groups is 1. The van der Waals surface area contributed by atoms with E-state index in [1.807, 2.05) is 0 Å². The minimum atomic E-state index is -2.27. The third kappa shape index (κ3) is 4.53. The molecule has 3 amide bonds. The van der Waals surface area contributed by atoms with E-state index in [9.17, 15) is 14.7 Å². The first-order valence-corrected chi connectivity index (χ1v) is 11.8. The zero-order valence-electron chi connectivity index (χ0n) is 19.7. The molecule has 2 aliphatic heterocycles. The highest BCUT2D eigenvalue weighted by atomic mass is 16.5. The number of nitrogens with zero attached hydrogens (tertiary/aromatic N) is 1. The molecule has 0 aliphatic carbocycles. The van der Waals surface area contributed by atoms with Crippen molar-refractivity contribution in [2.45, 2.75) is 31.4 Å². The van der Waals surface area contributed by atoms with Crippen LogP contribution in [-0.4, -0.2) is 57.4 Å². The summed E-state index contributed by atoms with van der Waals surface area (Å²) in [6, 6.07) is 10.9. The second-order valence-corrected chi connectivity index (χ2v) is 8.69. The zero-order valence-corrected chi connectivity index (χ0v) is 19.7. The van der Waals surface area contributed by atoms with Crippen LogP contribution in [0.25, 0.3) is 0 Å². The summed E-state index contributed by atoms with van der Waals surface area (Å²) in [5.41, 5.74) is -1.36. The molecule has 1 atom stereocenters. The molecule has 4 rings (SSSR count).